The summed E-state index contributed by atoms with van der Waals surface area (Å²) in [5.41, 5.74) is 2.91. The standard InChI is InChI=1S/C5H6B3N/c1-4-5(2-9-1)8-7-3-6-4/h3,9H,1-2H2. The Hall–Kier alpha value is -0.235. The first-order valence-corrected chi connectivity index (χ1v) is 3.24. The fourth-order valence-corrected chi connectivity index (χ4v) is 1.23. The molecule has 0 bridgehead atoms. The average Bonchev–Trinajstić information content (AvgIpc) is 2.33. The van der Waals surface area contributed by atoms with Gasteiger partial charge in [0.25, 0.3) is 0 Å². The van der Waals surface area contributed by atoms with Gasteiger partial charge in [-0.1, -0.05) is 0 Å². The molecule has 1 aromatic heterocycles. The van der Waals surface area contributed by atoms with E-state index in [-0.39, 0.29) is 0 Å². The predicted octanol–water partition coefficient (Wildman–Crippen LogP) is -0.696. The molecule has 4 heteroatoms. The second kappa shape index (κ2) is 2.18. The summed E-state index contributed by atoms with van der Waals surface area (Å²) in [5, 5.41) is 3.29. The molecule has 40 valence electrons. The molecule has 2 heterocycles. The van der Waals surface area contributed by atoms with Gasteiger partial charge in [-0.05, 0) is 0 Å². The molecule has 0 amide bonds. The Balaban J connectivity index is 2.54. The van der Waals surface area contributed by atoms with E-state index in [0.717, 1.165) is 13.1 Å². The fourth-order valence-electron chi connectivity index (χ4n) is 1.23. The van der Waals surface area contributed by atoms with Crippen LogP contribution in [0, 0.1) is 0 Å². The zero-order chi connectivity index (χ0) is 6.10. The first kappa shape index (κ1) is 5.54. The van der Waals surface area contributed by atoms with E-state index < -0.39 is 0 Å². The zero-order valence-electron chi connectivity index (χ0n) is 5.22. The maximum atomic E-state index is 3.29. The Morgan fingerprint density at radius 2 is 2.22 bits per heavy atom. The van der Waals surface area contributed by atoms with Gasteiger partial charge < -0.3 is 0 Å². The zero-order valence-corrected chi connectivity index (χ0v) is 5.22. The molecule has 0 saturated heterocycles. The topological polar surface area (TPSA) is 12.0 Å². The van der Waals surface area contributed by atoms with Crippen molar-refractivity contribution in [3.05, 3.63) is 16.8 Å². The van der Waals surface area contributed by atoms with Gasteiger partial charge in [-0.3, -0.25) is 0 Å². The van der Waals surface area contributed by atoms with Crippen LogP contribution in [-0.4, -0.2) is 20.5 Å². The van der Waals surface area contributed by atoms with Gasteiger partial charge in [0.2, 0.25) is 0 Å². The average molecular weight is 113 g/mol. The summed E-state index contributed by atoms with van der Waals surface area (Å²) in [5.74, 6) is 2.09. The van der Waals surface area contributed by atoms with Crippen LogP contribution in [0.4, 0.5) is 0 Å². The van der Waals surface area contributed by atoms with E-state index in [1.165, 1.54) is 10.9 Å². The van der Waals surface area contributed by atoms with Gasteiger partial charge in [0.15, 0.2) is 0 Å². The third-order valence-electron chi connectivity index (χ3n) is 1.75. The molecule has 0 aliphatic carbocycles. The maximum absolute atomic E-state index is 3.29. The molecule has 0 fully saturated rings. The van der Waals surface area contributed by atoms with Gasteiger partial charge in [0.05, 0.1) is 0 Å². The summed E-state index contributed by atoms with van der Waals surface area (Å²) >= 11 is 0. The van der Waals surface area contributed by atoms with E-state index in [9.17, 15) is 0 Å². The van der Waals surface area contributed by atoms with E-state index in [2.05, 4.69) is 31.7 Å². The number of rotatable bonds is 0. The van der Waals surface area contributed by atoms with Crippen molar-refractivity contribution in [3.63, 3.8) is 0 Å². The molecule has 1 aromatic rings. The molecular formula is C5H6B3N. The van der Waals surface area contributed by atoms with Gasteiger partial charge in [-0.15, -0.1) is 0 Å². The summed E-state index contributed by atoms with van der Waals surface area (Å²) in [6.45, 7) is 8.54. The summed E-state index contributed by atoms with van der Waals surface area (Å²) < 4.78 is 0. The molecule has 0 atom stereocenters. The summed E-state index contributed by atoms with van der Waals surface area (Å²) in [7, 11) is 0. The van der Waals surface area contributed by atoms with Crippen LogP contribution in [0.15, 0.2) is 5.86 Å². The Bertz CT molecular complexity index is 202. The van der Waals surface area contributed by atoms with E-state index in [4.69, 9.17) is 0 Å². The van der Waals surface area contributed by atoms with Crippen LogP contribution < -0.4 is 5.32 Å². The van der Waals surface area contributed by atoms with Crippen molar-refractivity contribution in [2.45, 2.75) is 13.1 Å². The van der Waals surface area contributed by atoms with Crippen LogP contribution in [0.3, 0.4) is 0 Å². The Morgan fingerprint density at radius 3 is 3.11 bits per heavy atom. The molecule has 0 unspecified atom stereocenters. The van der Waals surface area contributed by atoms with Crippen molar-refractivity contribution in [3.8, 4) is 0 Å². The van der Waals surface area contributed by atoms with Crippen molar-refractivity contribution in [2.75, 3.05) is 0 Å². The second-order valence-electron chi connectivity index (χ2n) is 2.37. The van der Waals surface area contributed by atoms with Crippen LogP contribution in [0.1, 0.15) is 10.9 Å². The first-order valence-electron chi connectivity index (χ1n) is 3.24. The molecule has 0 radical (unpaired) electrons. The first-order chi connectivity index (χ1) is 4.47. The molecule has 1 aliphatic rings. The van der Waals surface area contributed by atoms with Crippen LogP contribution in [0.5, 0.6) is 0 Å². The Morgan fingerprint density at radius 1 is 1.33 bits per heavy atom. The van der Waals surface area contributed by atoms with Crippen LogP contribution in [0.2, 0.25) is 0 Å². The van der Waals surface area contributed by atoms with E-state index in [0.29, 0.717) is 0 Å². The summed E-state index contributed by atoms with van der Waals surface area (Å²) in [4.78, 5) is 0. The SMILES string of the molecule is b1bc2c(bc1)CNC2. The van der Waals surface area contributed by atoms with Gasteiger partial charge in [0.1, 0.15) is 0 Å². The Kier molecular flexibility index (Phi) is 1.34. The Labute approximate surface area is 56.5 Å². The van der Waals surface area contributed by atoms with Crippen molar-refractivity contribution in [2.24, 2.45) is 0 Å². The third-order valence-corrected chi connectivity index (χ3v) is 1.75. The molecule has 0 spiro atoms. The molecule has 2 rings (SSSR count). The van der Waals surface area contributed by atoms with Gasteiger partial charge in [-0.2, -0.15) is 0 Å². The van der Waals surface area contributed by atoms with E-state index in [1.54, 1.807) is 0 Å². The normalized spacial score (nSPS) is 14.2. The van der Waals surface area contributed by atoms with Crippen molar-refractivity contribution in [1.82, 2.24) is 5.32 Å². The van der Waals surface area contributed by atoms with Gasteiger partial charge in [0, 0.05) is 0 Å². The summed E-state index contributed by atoms with van der Waals surface area (Å²) in [6, 6.07) is 0. The molecule has 0 saturated carbocycles. The number of fused-ring (bicyclic) bond motifs is 1. The molecule has 1 N–H and O–H groups in total. The molecule has 1 nitrogen and oxygen atoms in total. The van der Waals surface area contributed by atoms with Crippen LogP contribution in [0.25, 0.3) is 0 Å². The van der Waals surface area contributed by atoms with Gasteiger partial charge in [-0.25, -0.2) is 0 Å². The quantitative estimate of drug-likeness (QED) is 0.468. The number of hydrogen-bond donors (Lipinski definition) is 1. The van der Waals surface area contributed by atoms with Gasteiger partial charge >= 0.3 is 55.7 Å². The van der Waals surface area contributed by atoms with E-state index >= 15 is 0 Å². The molecule has 0 aromatic carbocycles. The van der Waals surface area contributed by atoms with Crippen LogP contribution in [-0.2, 0) is 13.1 Å². The van der Waals surface area contributed by atoms with Crippen LogP contribution >= 0.6 is 0 Å². The van der Waals surface area contributed by atoms with Crippen molar-refractivity contribution >= 4 is 20.5 Å². The third kappa shape index (κ3) is 0.918. The van der Waals surface area contributed by atoms with Crippen molar-refractivity contribution in [1.29, 1.82) is 0 Å². The molecule has 1 aliphatic heterocycles. The minimum atomic E-state index is 1.05. The minimum absolute atomic E-state index is 1.05. The number of nitrogens with one attached hydrogen (secondary N) is 1. The number of hydrogen-bond acceptors (Lipinski definition) is 1. The fraction of sp³-hybridized carbons (Fsp3) is 0.400. The molecular weight excluding hydrogens is 106 g/mol. The predicted molar refractivity (Wildman–Crippen MR) is 41.0 cm³/mol. The van der Waals surface area contributed by atoms with E-state index in [1.807, 2.05) is 0 Å². The molecule has 9 heavy (non-hydrogen) atoms. The van der Waals surface area contributed by atoms with Crippen molar-refractivity contribution < 1.29 is 0 Å². The second-order valence-corrected chi connectivity index (χ2v) is 2.37. The monoisotopic (exact) mass is 113 g/mol. The summed E-state index contributed by atoms with van der Waals surface area (Å²) in [6.07, 6.45) is 0.